The zero-order chi connectivity index (χ0) is 18.9. The lowest BCUT2D eigenvalue weighted by atomic mass is 9.85. The average Bonchev–Trinajstić information content (AvgIpc) is 2.84. The SMILES string of the molecule is CC(C)(C)OC(=O)N[C@@H](c1ccccc1)[C@]1(F)C(=O)Nc2ccccc21. The Morgan fingerprint density at radius 1 is 1.12 bits per heavy atom. The summed E-state index contributed by atoms with van der Waals surface area (Å²) in [5, 5.41) is 5.10. The van der Waals surface area contributed by atoms with Gasteiger partial charge in [-0.1, -0.05) is 48.5 Å². The molecule has 2 atom stereocenters. The number of rotatable bonds is 3. The Balaban J connectivity index is 2.04. The average molecular weight is 356 g/mol. The normalized spacial score (nSPS) is 20.1. The van der Waals surface area contributed by atoms with E-state index in [1.807, 2.05) is 0 Å². The maximum Gasteiger partial charge on any atom is 0.408 e. The smallest absolute Gasteiger partial charge is 0.408 e. The molecule has 2 N–H and O–H groups in total. The summed E-state index contributed by atoms with van der Waals surface area (Å²) in [6.07, 6.45) is -0.791. The van der Waals surface area contributed by atoms with E-state index in [1.165, 1.54) is 0 Å². The number of anilines is 1. The van der Waals surface area contributed by atoms with Crippen molar-refractivity contribution >= 4 is 17.7 Å². The Bertz CT molecular complexity index is 832. The Kier molecular flexibility index (Phi) is 4.44. The van der Waals surface area contributed by atoms with Crippen LogP contribution < -0.4 is 10.6 Å². The van der Waals surface area contributed by atoms with Gasteiger partial charge in [0.1, 0.15) is 11.6 Å². The molecule has 0 fully saturated rings. The minimum absolute atomic E-state index is 0.190. The molecule has 0 saturated carbocycles. The van der Waals surface area contributed by atoms with Crippen LogP contribution in [0, 0.1) is 0 Å². The molecular weight excluding hydrogens is 335 g/mol. The van der Waals surface area contributed by atoms with Crippen LogP contribution >= 0.6 is 0 Å². The number of halogens is 1. The molecule has 3 rings (SSSR count). The molecule has 0 aliphatic carbocycles. The molecule has 0 bridgehead atoms. The van der Waals surface area contributed by atoms with Gasteiger partial charge in [0.2, 0.25) is 5.67 Å². The third-order valence-corrected chi connectivity index (χ3v) is 4.09. The first-order chi connectivity index (χ1) is 12.2. The van der Waals surface area contributed by atoms with Crippen molar-refractivity contribution in [1.29, 1.82) is 0 Å². The molecule has 0 unspecified atom stereocenters. The maximum absolute atomic E-state index is 16.2. The van der Waals surface area contributed by atoms with Gasteiger partial charge in [-0.25, -0.2) is 9.18 Å². The van der Waals surface area contributed by atoms with Crippen LogP contribution in [0.25, 0.3) is 0 Å². The summed E-state index contributed by atoms with van der Waals surface area (Å²) in [6.45, 7) is 5.15. The number of hydrogen-bond donors (Lipinski definition) is 2. The van der Waals surface area contributed by atoms with Crippen LogP contribution in [0.5, 0.6) is 0 Å². The fraction of sp³-hybridized carbons (Fsp3) is 0.300. The highest BCUT2D eigenvalue weighted by Crippen LogP contribution is 2.47. The van der Waals surface area contributed by atoms with Gasteiger partial charge in [0.15, 0.2) is 0 Å². The van der Waals surface area contributed by atoms with Gasteiger partial charge in [0, 0.05) is 11.3 Å². The molecular formula is C20H21FN2O3. The lowest BCUT2D eigenvalue weighted by Gasteiger charge is -2.31. The van der Waals surface area contributed by atoms with E-state index in [0.29, 0.717) is 11.3 Å². The van der Waals surface area contributed by atoms with Crippen LogP contribution in [0.4, 0.5) is 14.9 Å². The number of carbonyl (C=O) groups excluding carboxylic acids is 2. The van der Waals surface area contributed by atoms with Crippen molar-refractivity contribution in [2.45, 2.75) is 38.1 Å². The van der Waals surface area contributed by atoms with Crippen LogP contribution in [0.15, 0.2) is 54.6 Å². The summed E-state index contributed by atoms with van der Waals surface area (Å²) < 4.78 is 21.4. The molecule has 1 aliphatic rings. The number of para-hydroxylation sites is 1. The highest BCUT2D eigenvalue weighted by atomic mass is 19.1. The number of fused-ring (bicyclic) bond motifs is 1. The number of ether oxygens (including phenoxy) is 1. The number of hydrogen-bond acceptors (Lipinski definition) is 3. The van der Waals surface area contributed by atoms with E-state index < -0.39 is 29.3 Å². The molecule has 2 amide bonds. The highest BCUT2D eigenvalue weighted by Gasteiger charge is 2.55. The van der Waals surface area contributed by atoms with Crippen molar-refractivity contribution in [3.63, 3.8) is 0 Å². The zero-order valence-corrected chi connectivity index (χ0v) is 14.9. The van der Waals surface area contributed by atoms with Gasteiger partial charge in [-0.05, 0) is 32.4 Å². The largest absolute Gasteiger partial charge is 0.444 e. The van der Waals surface area contributed by atoms with Gasteiger partial charge in [-0.3, -0.25) is 4.79 Å². The number of carbonyl (C=O) groups is 2. The van der Waals surface area contributed by atoms with Crippen molar-refractivity contribution in [3.8, 4) is 0 Å². The van der Waals surface area contributed by atoms with Crippen LogP contribution in [-0.2, 0) is 15.2 Å². The number of benzene rings is 2. The molecule has 2 aromatic carbocycles. The summed E-state index contributed by atoms with van der Waals surface area (Å²) in [6, 6.07) is 13.9. The molecule has 2 aromatic rings. The summed E-state index contributed by atoms with van der Waals surface area (Å²) >= 11 is 0. The fourth-order valence-electron chi connectivity index (χ4n) is 3.01. The second-order valence-electron chi connectivity index (χ2n) is 7.20. The second-order valence-corrected chi connectivity index (χ2v) is 7.20. The lowest BCUT2D eigenvalue weighted by Crippen LogP contribution is -2.46. The van der Waals surface area contributed by atoms with Crippen LogP contribution in [0.1, 0.15) is 37.9 Å². The Morgan fingerprint density at radius 3 is 2.38 bits per heavy atom. The lowest BCUT2D eigenvalue weighted by molar-refractivity contribution is -0.129. The van der Waals surface area contributed by atoms with Crippen LogP contribution in [0.3, 0.4) is 0 Å². The molecule has 5 nitrogen and oxygen atoms in total. The summed E-state index contributed by atoms with van der Waals surface area (Å²) in [7, 11) is 0. The fourth-order valence-corrected chi connectivity index (χ4v) is 3.01. The molecule has 136 valence electrons. The molecule has 26 heavy (non-hydrogen) atoms. The molecule has 1 aliphatic heterocycles. The highest BCUT2D eigenvalue weighted by molar-refractivity contribution is 6.06. The predicted octanol–water partition coefficient (Wildman–Crippen LogP) is 4.07. The monoisotopic (exact) mass is 356 g/mol. The minimum Gasteiger partial charge on any atom is -0.444 e. The topological polar surface area (TPSA) is 67.4 Å². The first kappa shape index (κ1) is 17.9. The Morgan fingerprint density at radius 2 is 1.73 bits per heavy atom. The molecule has 0 radical (unpaired) electrons. The quantitative estimate of drug-likeness (QED) is 0.871. The molecule has 6 heteroatoms. The molecule has 0 aromatic heterocycles. The number of nitrogens with one attached hydrogen (secondary N) is 2. The van der Waals surface area contributed by atoms with Gasteiger partial charge in [-0.15, -0.1) is 0 Å². The van der Waals surface area contributed by atoms with E-state index >= 15 is 4.39 Å². The van der Waals surface area contributed by atoms with E-state index in [0.717, 1.165) is 0 Å². The third kappa shape index (κ3) is 3.27. The minimum atomic E-state index is -2.45. The number of alkyl carbamates (subject to hydrolysis) is 1. The van der Waals surface area contributed by atoms with Crippen LogP contribution in [-0.4, -0.2) is 17.6 Å². The predicted molar refractivity (Wildman–Crippen MR) is 96.4 cm³/mol. The van der Waals surface area contributed by atoms with Crippen molar-refractivity contribution in [2.24, 2.45) is 0 Å². The van der Waals surface area contributed by atoms with Crippen molar-refractivity contribution < 1.29 is 18.7 Å². The van der Waals surface area contributed by atoms with Crippen molar-refractivity contribution in [1.82, 2.24) is 5.32 Å². The second kappa shape index (κ2) is 6.44. The number of amides is 2. The van der Waals surface area contributed by atoms with E-state index in [4.69, 9.17) is 4.74 Å². The van der Waals surface area contributed by atoms with Crippen molar-refractivity contribution in [2.75, 3.05) is 5.32 Å². The Hall–Kier alpha value is -2.89. The summed E-state index contributed by atoms with van der Waals surface area (Å²) in [4.78, 5) is 24.9. The zero-order valence-electron chi connectivity index (χ0n) is 14.9. The van der Waals surface area contributed by atoms with E-state index in [-0.39, 0.29) is 5.56 Å². The standard InChI is InChI=1S/C20H21FN2O3/c1-19(2,3)26-18(25)23-16(13-9-5-4-6-10-13)20(21)14-11-7-8-12-15(14)22-17(20)24/h4-12,16H,1-3H3,(H,22,24)(H,23,25)/t16-,20-/m0/s1. The van der Waals surface area contributed by atoms with Crippen molar-refractivity contribution in [3.05, 3.63) is 65.7 Å². The van der Waals surface area contributed by atoms with Gasteiger partial charge in [0.05, 0.1) is 0 Å². The molecule has 1 heterocycles. The maximum atomic E-state index is 16.2. The van der Waals surface area contributed by atoms with Gasteiger partial charge >= 0.3 is 6.09 Å². The first-order valence-corrected chi connectivity index (χ1v) is 8.36. The van der Waals surface area contributed by atoms with Gasteiger partial charge in [-0.2, -0.15) is 0 Å². The van der Waals surface area contributed by atoms with E-state index in [2.05, 4.69) is 10.6 Å². The first-order valence-electron chi connectivity index (χ1n) is 8.36. The molecule has 0 spiro atoms. The van der Waals surface area contributed by atoms with Gasteiger partial charge in [0.25, 0.3) is 5.91 Å². The van der Waals surface area contributed by atoms with Gasteiger partial charge < -0.3 is 15.4 Å². The number of alkyl halides is 1. The summed E-state index contributed by atoms with van der Waals surface area (Å²) in [5.41, 5.74) is -2.14. The Labute approximate surface area is 151 Å². The molecule has 0 saturated heterocycles. The van der Waals surface area contributed by atoms with E-state index in [1.54, 1.807) is 75.4 Å². The summed E-state index contributed by atoms with van der Waals surface area (Å²) in [5.74, 6) is -0.816. The third-order valence-electron chi connectivity index (χ3n) is 4.09. The van der Waals surface area contributed by atoms with E-state index in [9.17, 15) is 9.59 Å². The van der Waals surface area contributed by atoms with Crippen LogP contribution in [0.2, 0.25) is 0 Å².